The van der Waals surface area contributed by atoms with Gasteiger partial charge in [0.15, 0.2) is 6.10 Å². The second-order valence-electron chi connectivity index (χ2n) is 17.9. The smallest absolute Gasteiger partial charge is 0.303 e. The lowest BCUT2D eigenvalue weighted by Gasteiger charge is -2.63. The van der Waals surface area contributed by atoms with Crippen molar-refractivity contribution in [1.82, 2.24) is 0 Å². The number of rotatable bonds is 10. The van der Waals surface area contributed by atoms with Gasteiger partial charge in [-0.15, -0.1) is 0 Å². The van der Waals surface area contributed by atoms with Crippen LogP contribution in [0.15, 0.2) is 0 Å². The molecule has 2 spiro atoms. The summed E-state index contributed by atoms with van der Waals surface area (Å²) < 4.78 is 35.0. The Bertz CT molecular complexity index is 1190. The Morgan fingerprint density at radius 3 is 2.30 bits per heavy atom. The van der Waals surface area contributed by atoms with E-state index in [9.17, 15) is 20.1 Å². The maximum absolute atomic E-state index is 12.5. The Kier molecular flexibility index (Phi) is 9.07. The van der Waals surface area contributed by atoms with Crippen molar-refractivity contribution in [2.45, 2.75) is 155 Å². The molecule has 0 aromatic carbocycles. The van der Waals surface area contributed by atoms with Gasteiger partial charge in [-0.2, -0.15) is 0 Å². The van der Waals surface area contributed by atoms with Crippen molar-refractivity contribution in [2.75, 3.05) is 21.0 Å². The van der Waals surface area contributed by atoms with Gasteiger partial charge in [0.2, 0.25) is 12.6 Å². The zero-order chi connectivity index (χ0) is 34.5. The summed E-state index contributed by atoms with van der Waals surface area (Å²) in [5, 5.41) is 34.0. The van der Waals surface area contributed by atoms with E-state index in [1.807, 2.05) is 0 Å². The van der Waals surface area contributed by atoms with E-state index in [4.69, 9.17) is 28.4 Å². The molecule has 1 aliphatic heterocycles. The Hall–Kier alpha value is -0.850. The van der Waals surface area contributed by atoms with Crippen LogP contribution in [0.1, 0.15) is 107 Å². The van der Waals surface area contributed by atoms with Gasteiger partial charge in [-0.3, -0.25) is 4.79 Å². The fraction of sp³-hybridized carbons (Fsp3) is 0.973. The van der Waals surface area contributed by atoms with Crippen LogP contribution in [0.25, 0.3) is 0 Å². The molecule has 0 aromatic rings. The summed E-state index contributed by atoms with van der Waals surface area (Å²) in [6, 6.07) is 0. The highest BCUT2D eigenvalue weighted by molar-refractivity contribution is 5.66. The Balaban J connectivity index is 1.26. The first kappa shape index (κ1) is 36.0. The normalized spacial score (nSPS) is 48.5. The van der Waals surface area contributed by atoms with E-state index in [-0.39, 0.29) is 57.9 Å². The second-order valence-corrected chi connectivity index (χ2v) is 17.9. The summed E-state index contributed by atoms with van der Waals surface area (Å²) in [7, 11) is 2.98. The molecule has 0 amide bonds. The van der Waals surface area contributed by atoms with E-state index in [0.717, 1.165) is 38.5 Å². The van der Waals surface area contributed by atoms with E-state index in [1.165, 1.54) is 20.5 Å². The maximum Gasteiger partial charge on any atom is 0.303 e. The van der Waals surface area contributed by atoms with Crippen LogP contribution in [0.4, 0.5) is 0 Å². The van der Waals surface area contributed by atoms with Crippen LogP contribution in [-0.4, -0.2) is 91.0 Å². The molecule has 6 fully saturated rings. The number of esters is 1. The Morgan fingerprint density at radius 1 is 1.02 bits per heavy atom. The van der Waals surface area contributed by atoms with E-state index < -0.39 is 42.5 Å². The monoisotopic (exact) mass is 666 g/mol. The van der Waals surface area contributed by atoms with Crippen molar-refractivity contribution >= 4 is 5.97 Å². The molecule has 0 radical (unpaired) electrons. The molecule has 0 aromatic heterocycles. The zero-order valence-electron chi connectivity index (χ0n) is 30.4. The first-order valence-electron chi connectivity index (χ1n) is 18.1. The number of aliphatic hydroxyl groups excluding tert-OH is 2. The van der Waals surface area contributed by atoms with E-state index in [1.54, 1.807) is 21.0 Å². The Morgan fingerprint density at radius 2 is 1.68 bits per heavy atom. The number of ether oxygens (including phenoxy) is 6. The molecular formula is C37H62O10. The number of methoxy groups -OCH3 is 2. The largest absolute Gasteiger partial charge is 0.457 e. The fourth-order valence-corrected chi connectivity index (χ4v) is 13.2. The molecule has 10 heteroatoms. The average Bonchev–Trinajstić information content (AvgIpc) is 3.62. The molecule has 5 aliphatic carbocycles. The van der Waals surface area contributed by atoms with Gasteiger partial charge < -0.3 is 43.7 Å². The van der Waals surface area contributed by atoms with E-state index >= 15 is 0 Å². The SMILES string of the molecule is COCO[C@@H](O[C@H]1CCC23C[C@]24CC[C@]2(C)[C@@H]5[C@H](O[C@@H]([C@H](OC(C)=O)C(C)(C)O)C[C@H]5C)[C@H](O)[C@@]2(C)[C@@H]4CC[C@H]3C1(C)C)[C@H](O)OC. The third-order valence-electron chi connectivity index (χ3n) is 15.2. The lowest BCUT2D eigenvalue weighted by Crippen LogP contribution is -2.60. The highest BCUT2D eigenvalue weighted by atomic mass is 16.8. The molecule has 47 heavy (non-hydrogen) atoms. The molecule has 10 nitrogen and oxygen atoms in total. The predicted octanol–water partition coefficient (Wildman–Crippen LogP) is 4.80. The topological polar surface area (TPSA) is 133 Å². The van der Waals surface area contributed by atoms with Gasteiger partial charge in [0.25, 0.3) is 0 Å². The zero-order valence-corrected chi connectivity index (χ0v) is 30.4. The summed E-state index contributed by atoms with van der Waals surface area (Å²) in [5.74, 6) is 0.808. The molecule has 1 heterocycles. The molecule has 5 saturated carbocycles. The molecule has 15 atom stereocenters. The number of carbonyl (C=O) groups is 1. The molecule has 3 N–H and O–H groups in total. The minimum atomic E-state index is -1.28. The number of carbonyl (C=O) groups excluding carboxylic acids is 1. The van der Waals surface area contributed by atoms with Gasteiger partial charge >= 0.3 is 5.97 Å². The number of hydrogen-bond donors (Lipinski definition) is 3. The standard InChI is InChI=1S/C37H62O10/c1-20-17-22(29(33(5,6)41)45-21(2)38)46-27-26(20)34(7)15-16-37-18-36(37)14-13-25(47-31(30(40)43-10)44-19-42-9)32(3,4)23(36)11-12-24(37)35(34,8)28(27)39/h20,22-31,39-41H,11-19H2,1-10H3/t20-,22-,23+,24+,25+,26+,27+,28+,29+,30-,31+,34-,35-,36?,37+/m1/s1. The van der Waals surface area contributed by atoms with E-state index in [2.05, 4.69) is 34.6 Å². The van der Waals surface area contributed by atoms with Crippen molar-refractivity contribution in [2.24, 2.45) is 50.7 Å². The third kappa shape index (κ3) is 5.04. The Labute approximate surface area is 281 Å². The lowest BCUT2D eigenvalue weighted by atomic mass is 9.41. The molecule has 6 aliphatic rings. The van der Waals surface area contributed by atoms with Crippen LogP contribution in [0.5, 0.6) is 0 Å². The molecule has 1 saturated heterocycles. The summed E-state index contributed by atoms with van der Waals surface area (Å²) in [4.78, 5) is 12.1. The molecule has 270 valence electrons. The third-order valence-corrected chi connectivity index (χ3v) is 15.2. The molecule has 1 unspecified atom stereocenters. The predicted molar refractivity (Wildman–Crippen MR) is 173 cm³/mol. The average molecular weight is 667 g/mol. The number of fused-ring (bicyclic) bond motifs is 4. The fourth-order valence-electron chi connectivity index (χ4n) is 13.2. The van der Waals surface area contributed by atoms with Crippen molar-refractivity contribution in [1.29, 1.82) is 0 Å². The molecule has 6 rings (SSSR count). The highest BCUT2D eigenvalue weighted by Crippen LogP contribution is 2.89. The van der Waals surface area contributed by atoms with Crippen LogP contribution in [-0.2, 0) is 33.2 Å². The summed E-state index contributed by atoms with van der Waals surface area (Å²) in [5.41, 5.74) is -1.47. The molecular weight excluding hydrogens is 604 g/mol. The van der Waals surface area contributed by atoms with Crippen molar-refractivity contribution < 1.29 is 48.5 Å². The minimum absolute atomic E-state index is 0.00328. The van der Waals surface area contributed by atoms with Gasteiger partial charge in [-0.1, -0.05) is 34.6 Å². The van der Waals surface area contributed by atoms with Crippen LogP contribution in [0, 0.1) is 50.7 Å². The quantitative estimate of drug-likeness (QED) is 0.221. The van der Waals surface area contributed by atoms with Gasteiger partial charge in [0.05, 0.1) is 30.0 Å². The first-order chi connectivity index (χ1) is 21.9. The lowest BCUT2D eigenvalue weighted by molar-refractivity contribution is -0.314. The minimum Gasteiger partial charge on any atom is -0.457 e. The van der Waals surface area contributed by atoms with Gasteiger partial charge in [-0.05, 0) is 111 Å². The summed E-state index contributed by atoms with van der Waals surface area (Å²) in [6.07, 6.45) is 3.56. The van der Waals surface area contributed by atoms with Crippen molar-refractivity contribution in [3.63, 3.8) is 0 Å². The maximum atomic E-state index is 12.5. The van der Waals surface area contributed by atoms with Gasteiger partial charge in [-0.25, -0.2) is 0 Å². The van der Waals surface area contributed by atoms with Crippen LogP contribution >= 0.6 is 0 Å². The van der Waals surface area contributed by atoms with Crippen LogP contribution in [0.3, 0.4) is 0 Å². The molecule has 0 bridgehead atoms. The highest BCUT2D eigenvalue weighted by Gasteiger charge is 2.84. The number of aliphatic hydroxyl groups is 3. The van der Waals surface area contributed by atoms with Crippen LogP contribution < -0.4 is 0 Å². The van der Waals surface area contributed by atoms with E-state index in [0.29, 0.717) is 18.3 Å². The van der Waals surface area contributed by atoms with Gasteiger partial charge in [0, 0.05) is 26.6 Å². The summed E-state index contributed by atoms with van der Waals surface area (Å²) >= 11 is 0. The second kappa shape index (κ2) is 11.9. The number of hydrogen-bond acceptors (Lipinski definition) is 10. The van der Waals surface area contributed by atoms with Gasteiger partial charge in [0.1, 0.15) is 6.79 Å². The van der Waals surface area contributed by atoms with Crippen molar-refractivity contribution in [3.8, 4) is 0 Å². The van der Waals surface area contributed by atoms with Crippen molar-refractivity contribution in [3.05, 3.63) is 0 Å². The summed E-state index contributed by atoms with van der Waals surface area (Å²) in [6.45, 7) is 16.4. The van der Waals surface area contributed by atoms with Crippen LogP contribution in [0.2, 0.25) is 0 Å². The first-order valence-corrected chi connectivity index (χ1v) is 18.1.